The summed E-state index contributed by atoms with van der Waals surface area (Å²) in [4.78, 5) is 36.1. The molecule has 0 radical (unpaired) electrons. The highest BCUT2D eigenvalue weighted by molar-refractivity contribution is 6.04. The topological polar surface area (TPSA) is 140 Å². The highest BCUT2D eigenvalue weighted by atomic mass is 16.6. The molecule has 0 aromatic heterocycles. The molecule has 0 amide bonds. The zero-order valence-corrected chi connectivity index (χ0v) is 16.2. The lowest BCUT2D eigenvalue weighted by molar-refractivity contribution is -0.384. The average molecular weight is 403 g/mol. The molecule has 1 atom stereocenters. The van der Waals surface area contributed by atoms with E-state index in [2.05, 4.69) is 10.5 Å². The van der Waals surface area contributed by atoms with Crippen LogP contribution in [0.3, 0.4) is 0 Å². The number of esters is 2. The van der Waals surface area contributed by atoms with E-state index in [4.69, 9.17) is 14.7 Å². The van der Waals surface area contributed by atoms with Gasteiger partial charge in [-0.3, -0.25) is 10.1 Å². The number of benzene rings is 1. The van der Waals surface area contributed by atoms with Crippen molar-refractivity contribution in [1.82, 2.24) is 5.32 Å². The van der Waals surface area contributed by atoms with E-state index in [1.165, 1.54) is 18.2 Å². The third kappa shape index (κ3) is 4.60. The van der Waals surface area contributed by atoms with Gasteiger partial charge in [0.05, 0.1) is 47.1 Å². The number of nitrogens with zero attached hydrogens (tertiary/aromatic N) is 2. The molecule has 0 spiro atoms. The maximum Gasteiger partial charge on any atom is 0.337 e. The van der Waals surface area contributed by atoms with E-state index in [0.29, 0.717) is 11.3 Å². The fourth-order valence-electron chi connectivity index (χ4n) is 3.08. The predicted octanol–water partition coefficient (Wildman–Crippen LogP) is 2.40. The van der Waals surface area contributed by atoms with Crippen LogP contribution in [0.4, 0.5) is 5.69 Å². The van der Waals surface area contributed by atoms with Crippen LogP contribution in [0.25, 0.3) is 0 Å². The molecule has 29 heavy (non-hydrogen) atoms. The Labute approximate surface area is 166 Å². The third-order valence-electron chi connectivity index (χ3n) is 4.19. The number of non-ortho nitro benzene ring substituents is 1. The molecular weight excluding hydrogens is 382 g/mol. The lowest BCUT2D eigenvalue weighted by atomic mass is 9.80. The third-order valence-corrected chi connectivity index (χ3v) is 4.19. The van der Waals surface area contributed by atoms with E-state index in [1.807, 2.05) is 0 Å². The van der Waals surface area contributed by atoms with Crippen LogP contribution in [0.15, 0.2) is 52.0 Å². The van der Waals surface area contributed by atoms with Gasteiger partial charge in [-0.25, -0.2) is 9.59 Å². The van der Waals surface area contributed by atoms with Gasteiger partial charge in [-0.1, -0.05) is 17.3 Å². The number of nitro benzene ring substituents is 1. The van der Waals surface area contributed by atoms with E-state index in [1.54, 1.807) is 26.8 Å². The van der Waals surface area contributed by atoms with Crippen molar-refractivity contribution in [2.45, 2.75) is 26.7 Å². The van der Waals surface area contributed by atoms with Gasteiger partial charge in [-0.15, -0.1) is 0 Å². The molecule has 10 nitrogen and oxygen atoms in total. The smallest absolute Gasteiger partial charge is 0.337 e. The fraction of sp³-hybridized carbons (Fsp3) is 0.316. The summed E-state index contributed by atoms with van der Waals surface area (Å²) in [5, 5.41) is 26.1. The number of dihydropyridines is 1. The Morgan fingerprint density at radius 3 is 2.41 bits per heavy atom. The van der Waals surface area contributed by atoms with Crippen LogP contribution in [-0.2, 0) is 19.1 Å². The van der Waals surface area contributed by atoms with Crippen molar-refractivity contribution in [2.24, 2.45) is 5.16 Å². The van der Waals surface area contributed by atoms with Gasteiger partial charge in [0.2, 0.25) is 0 Å². The molecule has 0 saturated carbocycles. The summed E-state index contributed by atoms with van der Waals surface area (Å²) in [5.74, 6) is -2.47. The SMILES string of the molecule is CCOC(=O)C1=C(C)NC(/C=N\O)=C(C(=O)OCC)C1c1cccc([N+](=O)[O-])c1. The van der Waals surface area contributed by atoms with E-state index >= 15 is 0 Å². The summed E-state index contributed by atoms with van der Waals surface area (Å²) in [7, 11) is 0. The summed E-state index contributed by atoms with van der Waals surface area (Å²) < 4.78 is 10.3. The maximum atomic E-state index is 12.7. The fourth-order valence-corrected chi connectivity index (χ4v) is 3.08. The molecule has 1 aliphatic rings. The monoisotopic (exact) mass is 403 g/mol. The Bertz CT molecular complexity index is 918. The number of ether oxygens (including phenoxy) is 2. The van der Waals surface area contributed by atoms with E-state index < -0.39 is 22.8 Å². The number of carbonyl (C=O) groups excluding carboxylic acids is 2. The van der Waals surface area contributed by atoms with Gasteiger partial charge in [0, 0.05) is 17.8 Å². The van der Waals surface area contributed by atoms with E-state index in [-0.39, 0.29) is 35.7 Å². The van der Waals surface area contributed by atoms with Crippen molar-refractivity contribution in [3.63, 3.8) is 0 Å². The first-order chi connectivity index (χ1) is 13.8. The normalized spacial score (nSPS) is 16.6. The highest BCUT2D eigenvalue weighted by Crippen LogP contribution is 2.39. The Kier molecular flexibility index (Phi) is 7.07. The largest absolute Gasteiger partial charge is 0.463 e. The lowest BCUT2D eigenvalue weighted by Gasteiger charge is -2.30. The summed E-state index contributed by atoms with van der Waals surface area (Å²) in [5.41, 5.74) is 0.637. The van der Waals surface area contributed by atoms with Crippen LogP contribution < -0.4 is 5.32 Å². The van der Waals surface area contributed by atoms with Gasteiger partial charge >= 0.3 is 11.9 Å². The Hall–Kier alpha value is -3.69. The van der Waals surface area contributed by atoms with Crippen LogP contribution in [0, 0.1) is 10.1 Å². The number of carbonyl (C=O) groups is 2. The number of hydrogen-bond donors (Lipinski definition) is 2. The second-order valence-electron chi connectivity index (χ2n) is 5.96. The minimum Gasteiger partial charge on any atom is -0.463 e. The van der Waals surface area contributed by atoms with Gasteiger partial charge in [0.1, 0.15) is 0 Å². The molecule has 0 bridgehead atoms. The Morgan fingerprint density at radius 2 is 1.86 bits per heavy atom. The molecule has 1 aromatic rings. The molecule has 1 heterocycles. The number of nitrogens with one attached hydrogen (secondary N) is 1. The zero-order valence-electron chi connectivity index (χ0n) is 16.2. The van der Waals surface area contributed by atoms with Crippen molar-refractivity contribution in [3.8, 4) is 0 Å². The molecule has 2 N–H and O–H groups in total. The molecule has 1 aliphatic heterocycles. The zero-order chi connectivity index (χ0) is 21.6. The van der Waals surface area contributed by atoms with Crippen LogP contribution in [-0.4, -0.2) is 41.5 Å². The van der Waals surface area contributed by atoms with Crippen LogP contribution in [0.2, 0.25) is 0 Å². The van der Waals surface area contributed by atoms with Crippen molar-refractivity contribution >= 4 is 23.8 Å². The quantitative estimate of drug-likeness (QED) is 0.232. The summed E-state index contributed by atoms with van der Waals surface area (Å²) >= 11 is 0. The van der Waals surface area contributed by atoms with E-state index in [0.717, 1.165) is 6.21 Å². The Morgan fingerprint density at radius 1 is 1.24 bits per heavy atom. The molecular formula is C19H21N3O7. The number of hydrogen-bond acceptors (Lipinski definition) is 9. The number of allylic oxidation sites excluding steroid dienone is 2. The highest BCUT2D eigenvalue weighted by Gasteiger charge is 2.39. The minimum absolute atomic E-state index is 0.0289. The molecule has 2 rings (SSSR count). The lowest BCUT2D eigenvalue weighted by Crippen LogP contribution is -2.34. The van der Waals surface area contributed by atoms with Gasteiger partial charge in [0.25, 0.3) is 5.69 Å². The van der Waals surface area contributed by atoms with Crippen molar-refractivity contribution in [2.75, 3.05) is 13.2 Å². The maximum absolute atomic E-state index is 12.7. The summed E-state index contributed by atoms with van der Waals surface area (Å²) in [6.07, 6.45) is 1.00. The number of rotatable bonds is 7. The summed E-state index contributed by atoms with van der Waals surface area (Å²) in [6.45, 7) is 5.00. The minimum atomic E-state index is -1.03. The second-order valence-corrected chi connectivity index (χ2v) is 5.96. The molecule has 10 heteroatoms. The van der Waals surface area contributed by atoms with Crippen LogP contribution >= 0.6 is 0 Å². The van der Waals surface area contributed by atoms with Gasteiger partial charge in [-0.05, 0) is 26.3 Å². The second kappa shape index (κ2) is 9.49. The van der Waals surface area contributed by atoms with E-state index in [9.17, 15) is 19.7 Å². The van der Waals surface area contributed by atoms with Crippen LogP contribution in [0.1, 0.15) is 32.3 Å². The van der Waals surface area contributed by atoms with Crippen molar-refractivity contribution in [3.05, 3.63) is 62.5 Å². The summed E-state index contributed by atoms with van der Waals surface area (Å²) in [6, 6.07) is 5.59. The number of nitro groups is 1. The standard InChI is InChI=1S/C19H21N3O7/c1-4-28-18(23)15-11(3)21-14(10-20-25)17(19(24)29-5-2)16(15)12-7-6-8-13(9-12)22(26)27/h6-10,16,21,25H,4-5H2,1-3H3/b20-10-. The Balaban J connectivity index is 2.78. The van der Waals surface area contributed by atoms with Crippen molar-refractivity contribution < 1.29 is 29.2 Å². The first-order valence-corrected chi connectivity index (χ1v) is 8.83. The molecule has 0 saturated heterocycles. The van der Waals surface area contributed by atoms with Gasteiger partial charge in [0.15, 0.2) is 0 Å². The molecule has 154 valence electrons. The molecule has 0 fully saturated rings. The van der Waals surface area contributed by atoms with Crippen molar-refractivity contribution in [1.29, 1.82) is 0 Å². The first kappa shape index (κ1) is 21.6. The van der Waals surface area contributed by atoms with Gasteiger partial charge < -0.3 is 20.0 Å². The molecule has 1 aromatic carbocycles. The van der Waals surface area contributed by atoms with Crippen LogP contribution in [0.5, 0.6) is 0 Å². The predicted molar refractivity (Wildman–Crippen MR) is 102 cm³/mol. The first-order valence-electron chi connectivity index (χ1n) is 8.83. The number of oxime groups is 1. The average Bonchev–Trinajstić information content (AvgIpc) is 2.68. The van der Waals surface area contributed by atoms with Gasteiger partial charge in [-0.2, -0.15) is 0 Å². The molecule has 1 unspecified atom stereocenters. The molecule has 0 aliphatic carbocycles.